The minimum absolute atomic E-state index is 0.0280. The molecule has 0 radical (unpaired) electrons. The molecular formula is C25H26N2O4. The van der Waals surface area contributed by atoms with Crippen molar-refractivity contribution in [3.05, 3.63) is 78.4 Å². The molecule has 0 unspecified atom stereocenters. The van der Waals surface area contributed by atoms with Gasteiger partial charge in [-0.3, -0.25) is 4.79 Å². The van der Waals surface area contributed by atoms with Gasteiger partial charge in [0.05, 0.1) is 19.4 Å². The van der Waals surface area contributed by atoms with E-state index < -0.39 is 0 Å². The number of methoxy groups -OCH3 is 1. The Balaban J connectivity index is 1.54. The van der Waals surface area contributed by atoms with E-state index in [1.165, 1.54) is 6.21 Å². The molecule has 0 aliphatic heterocycles. The fourth-order valence-corrected chi connectivity index (χ4v) is 2.89. The van der Waals surface area contributed by atoms with E-state index in [0.29, 0.717) is 22.8 Å². The summed E-state index contributed by atoms with van der Waals surface area (Å²) in [5, 5.41) is 4.01. The van der Waals surface area contributed by atoms with Crippen LogP contribution in [0.5, 0.6) is 17.2 Å². The maximum absolute atomic E-state index is 12.1. The molecule has 0 aliphatic carbocycles. The lowest BCUT2D eigenvalue weighted by Crippen LogP contribution is -2.24. The Morgan fingerprint density at radius 2 is 1.68 bits per heavy atom. The number of para-hydroxylation sites is 1. The summed E-state index contributed by atoms with van der Waals surface area (Å²) in [5.74, 6) is 1.43. The van der Waals surface area contributed by atoms with Crippen LogP contribution >= 0.6 is 0 Å². The Kier molecular flexibility index (Phi) is 7.65. The van der Waals surface area contributed by atoms with Crippen LogP contribution in [-0.4, -0.2) is 31.9 Å². The lowest BCUT2D eigenvalue weighted by molar-refractivity contribution is -0.123. The molecule has 31 heavy (non-hydrogen) atoms. The summed E-state index contributed by atoms with van der Waals surface area (Å²) in [6.45, 7) is 3.72. The van der Waals surface area contributed by atoms with E-state index in [1.54, 1.807) is 7.11 Å². The van der Waals surface area contributed by atoms with E-state index in [2.05, 4.69) is 10.5 Å². The monoisotopic (exact) mass is 418 g/mol. The largest absolute Gasteiger partial charge is 0.493 e. The molecule has 6 heteroatoms. The summed E-state index contributed by atoms with van der Waals surface area (Å²) < 4.78 is 16.7. The normalized spacial score (nSPS) is 10.8. The zero-order valence-corrected chi connectivity index (χ0v) is 17.9. The number of rotatable bonds is 9. The zero-order valence-electron chi connectivity index (χ0n) is 17.9. The minimum Gasteiger partial charge on any atom is -0.493 e. The summed E-state index contributed by atoms with van der Waals surface area (Å²) in [5.41, 5.74) is 5.37. The third-order valence-electron chi connectivity index (χ3n) is 4.31. The molecule has 0 atom stereocenters. The lowest BCUT2D eigenvalue weighted by Gasteiger charge is -2.15. The van der Waals surface area contributed by atoms with Gasteiger partial charge in [0.2, 0.25) is 0 Å². The van der Waals surface area contributed by atoms with Gasteiger partial charge in [0.1, 0.15) is 5.75 Å². The number of hydrogen-bond donors (Lipinski definition) is 1. The molecule has 0 saturated carbocycles. The summed E-state index contributed by atoms with van der Waals surface area (Å²) in [6.07, 6.45) is 1.49. The second-order valence-corrected chi connectivity index (χ2v) is 7.02. The van der Waals surface area contributed by atoms with Crippen molar-refractivity contribution in [1.82, 2.24) is 5.43 Å². The van der Waals surface area contributed by atoms with Gasteiger partial charge in [0, 0.05) is 5.56 Å². The van der Waals surface area contributed by atoms with Crippen molar-refractivity contribution >= 4 is 12.1 Å². The molecule has 6 nitrogen and oxygen atoms in total. The average Bonchev–Trinajstić information content (AvgIpc) is 2.79. The number of nitrogens with one attached hydrogen (secondary N) is 1. The molecule has 3 aromatic carbocycles. The van der Waals surface area contributed by atoms with Gasteiger partial charge in [-0.2, -0.15) is 5.10 Å². The van der Waals surface area contributed by atoms with E-state index in [9.17, 15) is 4.79 Å². The van der Waals surface area contributed by atoms with Gasteiger partial charge in [-0.05, 0) is 49.2 Å². The van der Waals surface area contributed by atoms with Crippen LogP contribution in [0.1, 0.15) is 19.4 Å². The number of benzene rings is 3. The first-order valence-corrected chi connectivity index (χ1v) is 10.0. The van der Waals surface area contributed by atoms with Gasteiger partial charge in [0.15, 0.2) is 18.1 Å². The summed E-state index contributed by atoms with van der Waals surface area (Å²) >= 11 is 0. The van der Waals surface area contributed by atoms with Crippen LogP contribution in [-0.2, 0) is 4.79 Å². The second kappa shape index (κ2) is 10.8. The predicted octanol–water partition coefficient (Wildman–Crippen LogP) is 4.68. The molecule has 3 aromatic rings. The first-order valence-electron chi connectivity index (χ1n) is 10.0. The second-order valence-electron chi connectivity index (χ2n) is 7.02. The highest BCUT2D eigenvalue weighted by molar-refractivity contribution is 5.86. The van der Waals surface area contributed by atoms with Crippen molar-refractivity contribution in [2.45, 2.75) is 20.0 Å². The standard InChI is InChI=1S/C25H26N2O4/c1-18(2)31-25-21(10-7-11-23(25)29-3)16-26-27-24(28)17-30-22-14-12-20(13-15-22)19-8-5-4-6-9-19/h4-16,18H,17H2,1-3H3,(H,27,28)/b26-16+. The van der Waals surface area contributed by atoms with Crippen molar-refractivity contribution in [3.8, 4) is 28.4 Å². The number of hydrazone groups is 1. The smallest absolute Gasteiger partial charge is 0.277 e. The highest BCUT2D eigenvalue weighted by Gasteiger charge is 2.11. The molecular weight excluding hydrogens is 392 g/mol. The van der Waals surface area contributed by atoms with Gasteiger partial charge in [-0.15, -0.1) is 0 Å². The number of nitrogens with zero attached hydrogens (tertiary/aromatic N) is 1. The molecule has 1 N–H and O–H groups in total. The van der Waals surface area contributed by atoms with E-state index in [1.807, 2.05) is 86.6 Å². The van der Waals surface area contributed by atoms with Crippen molar-refractivity contribution in [3.63, 3.8) is 0 Å². The van der Waals surface area contributed by atoms with Crippen LogP contribution in [0.4, 0.5) is 0 Å². The van der Waals surface area contributed by atoms with Crippen LogP contribution in [0.3, 0.4) is 0 Å². The molecule has 3 rings (SSSR count). The fourth-order valence-electron chi connectivity index (χ4n) is 2.89. The molecule has 0 spiro atoms. The van der Waals surface area contributed by atoms with Crippen LogP contribution in [0.2, 0.25) is 0 Å². The zero-order chi connectivity index (χ0) is 22.1. The summed E-state index contributed by atoms with van der Waals surface area (Å²) in [4.78, 5) is 12.1. The van der Waals surface area contributed by atoms with Crippen molar-refractivity contribution in [2.75, 3.05) is 13.7 Å². The van der Waals surface area contributed by atoms with Gasteiger partial charge in [-0.1, -0.05) is 48.5 Å². The van der Waals surface area contributed by atoms with E-state index >= 15 is 0 Å². The number of carbonyl (C=O) groups is 1. The van der Waals surface area contributed by atoms with Gasteiger partial charge in [-0.25, -0.2) is 5.43 Å². The predicted molar refractivity (Wildman–Crippen MR) is 122 cm³/mol. The van der Waals surface area contributed by atoms with Crippen molar-refractivity contribution < 1.29 is 19.0 Å². The molecule has 0 bridgehead atoms. The highest BCUT2D eigenvalue weighted by atomic mass is 16.5. The highest BCUT2D eigenvalue weighted by Crippen LogP contribution is 2.31. The molecule has 0 saturated heterocycles. The van der Waals surface area contributed by atoms with E-state index in [-0.39, 0.29) is 18.6 Å². The maximum atomic E-state index is 12.1. The molecule has 0 heterocycles. The Bertz CT molecular complexity index is 1020. The quantitative estimate of drug-likeness (QED) is 0.405. The first-order chi connectivity index (χ1) is 15.1. The number of carbonyl (C=O) groups excluding carboxylic acids is 1. The van der Waals surface area contributed by atoms with Gasteiger partial charge < -0.3 is 14.2 Å². The maximum Gasteiger partial charge on any atom is 0.277 e. The molecule has 1 amide bonds. The van der Waals surface area contributed by atoms with Crippen LogP contribution < -0.4 is 19.6 Å². The van der Waals surface area contributed by atoms with Crippen molar-refractivity contribution in [2.24, 2.45) is 5.10 Å². The van der Waals surface area contributed by atoms with Crippen LogP contribution in [0.15, 0.2) is 77.9 Å². The van der Waals surface area contributed by atoms with E-state index in [4.69, 9.17) is 14.2 Å². The molecule has 0 fully saturated rings. The lowest BCUT2D eigenvalue weighted by atomic mass is 10.1. The summed E-state index contributed by atoms with van der Waals surface area (Å²) in [6, 6.07) is 23.1. The number of amides is 1. The minimum atomic E-state index is -0.363. The summed E-state index contributed by atoms with van der Waals surface area (Å²) in [7, 11) is 1.58. The number of hydrogen-bond acceptors (Lipinski definition) is 5. The van der Waals surface area contributed by atoms with Crippen LogP contribution in [0.25, 0.3) is 11.1 Å². The number of ether oxygens (including phenoxy) is 3. The topological polar surface area (TPSA) is 69.2 Å². The van der Waals surface area contributed by atoms with Crippen molar-refractivity contribution in [1.29, 1.82) is 0 Å². The Morgan fingerprint density at radius 1 is 0.968 bits per heavy atom. The van der Waals surface area contributed by atoms with E-state index in [0.717, 1.165) is 11.1 Å². The Labute approximate surface area is 182 Å². The Morgan fingerprint density at radius 3 is 2.35 bits per heavy atom. The third kappa shape index (κ3) is 6.34. The molecule has 160 valence electrons. The first kappa shape index (κ1) is 21.9. The molecule has 0 aliphatic rings. The van der Waals surface area contributed by atoms with Gasteiger partial charge >= 0.3 is 0 Å². The fraction of sp³-hybridized carbons (Fsp3) is 0.200. The third-order valence-corrected chi connectivity index (χ3v) is 4.31. The van der Waals surface area contributed by atoms with Gasteiger partial charge in [0.25, 0.3) is 5.91 Å². The SMILES string of the molecule is COc1cccc(/C=N/NC(=O)COc2ccc(-c3ccccc3)cc2)c1OC(C)C. The Hall–Kier alpha value is -3.80. The average molecular weight is 418 g/mol. The molecule has 0 aromatic heterocycles. The van der Waals surface area contributed by atoms with Crippen LogP contribution in [0, 0.1) is 0 Å².